The van der Waals surface area contributed by atoms with Crippen molar-refractivity contribution in [3.05, 3.63) is 42.0 Å². The molecule has 128 valence electrons. The Bertz CT molecular complexity index is 944. The van der Waals surface area contributed by atoms with E-state index >= 15 is 0 Å². The molecule has 1 atom stereocenters. The summed E-state index contributed by atoms with van der Waals surface area (Å²) in [7, 11) is 1.85. The van der Waals surface area contributed by atoms with Crippen molar-refractivity contribution in [3.63, 3.8) is 0 Å². The second kappa shape index (κ2) is 6.22. The highest BCUT2D eigenvalue weighted by Crippen LogP contribution is 2.30. The lowest BCUT2D eigenvalue weighted by molar-refractivity contribution is 0.101. The van der Waals surface area contributed by atoms with Crippen molar-refractivity contribution in [1.82, 2.24) is 4.98 Å². The van der Waals surface area contributed by atoms with Crippen molar-refractivity contribution < 1.29 is 18.7 Å². The fourth-order valence-electron chi connectivity index (χ4n) is 2.57. The number of epoxide rings is 1. The molecule has 1 saturated heterocycles. The maximum atomic E-state index is 11.8. The van der Waals surface area contributed by atoms with Crippen LogP contribution in [0.5, 0.6) is 5.75 Å². The van der Waals surface area contributed by atoms with Crippen LogP contribution in [0.25, 0.3) is 22.6 Å². The Hall–Kier alpha value is -2.86. The second-order valence-electron chi connectivity index (χ2n) is 6.02. The standard InChI is InChI=1S/C19H18N2O4/c1-11(22)12-5-13(7-15(6-12)23-9-16-10-24-16)19-21-17-8-14(20-2)3-4-18(17)25-19/h3-8,16,20H,9-10H2,1-2H3. The van der Waals surface area contributed by atoms with E-state index in [4.69, 9.17) is 13.9 Å². The zero-order valence-corrected chi connectivity index (χ0v) is 14.0. The third-order valence-corrected chi connectivity index (χ3v) is 4.07. The number of hydrogen-bond acceptors (Lipinski definition) is 6. The minimum atomic E-state index is -0.0389. The first-order chi connectivity index (χ1) is 12.1. The molecule has 6 nitrogen and oxygen atoms in total. The normalized spacial score (nSPS) is 16.0. The van der Waals surface area contributed by atoms with E-state index in [0.29, 0.717) is 35.0 Å². The molecule has 1 aliphatic heterocycles. The predicted molar refractivity (Wildman–Crippen MR) is 94.2 cm³/mol. The molecule has 0 radical (unpaired) electrons. The molecule has 4 rings (SSSR count). The van der Waals surface area contributed by atoms with Crippen LogP contribution in [0.1, 0.15) is 17.3 Å². The zero-order valence-electron chi connectivity index (χ0n) is 14.0. The van der Waals surface area contributed by atoms with Crippen molar-refractivity contribution in [1.29, 1.82) is 0 Å². The molecule has 0 amide bonds. The molecule has 1 aliphatic rings. The molecule has 0 aliphatic carbocycles. The molecule has 1 fully saturated rings. The number of carbonyl (C=O) groups excluding carboxylic acids is 1. The van der Waals surface area contributed by atoms with Gasteiger partial charge in [0.15, 0.2) is 11.4 Å². The van der Waals surface area contributed by atoms with E-state index in [-0.39, 0.29) is 11.9 Å². The first-order valence-corrected chi connectivity index (χ1v) is 8.11. The average Bonchev–Trinajstić information content (AvgIpc) is 3.35. The molecule has 2 aromatic carbocycles. The lowest BCUT2D eigenvalue weighted by Gasteiger charge is -2.07. The van der Waals surface area contributed by atoms with Crippen molar-refractivity contribution in [3.8, 4) is 17.2 Å². The third kappa shape index (κ3) is 3.34. The fourth-order valence-corrected chi connectivity index (χ4v) is 2.57. The van der Waals surface area contributed by atoms with Crippen LogP contribution < -0.4 is 10.1 Å². The first-order valence-electron chi connectivity index (χ1n) is 8.11. The summed E-state index contributed by atoms with van der Waals surface area (Å²) in [6, 6.07) is 11.0. The molecule has 25 heavy (non-hydrogen) atoms. The molecule has 1 aromatic heterocycles. The van der Waals surface area contributed by atoms with Crippen LogP contribution in [0.15, 0.2) is 40.8 Å². The Kier molecular flexibility index (Phi) is 3.89. The summed E-state index contributed by atoms with van der Waals surface area (Å²) in [4.78, 5) is 16.4. The van der Waals surface area contributed by atoms with Gasteiger partial charge in [0.05, 0.1) is 6.61 Å². The van der Waals surface area contributed by atoms with Crippen molar-refractivity contribution in [2.24, 2.45) is 0 Å². The second-order valence-corrected chi connectivity index (χ2v) is 6.02. The van der Waals surface area contributed by atoms with Crippen LogP contribution in [0.3, 0.4) is 0 Å². The number of nitrogens with one attached hydrogen (secondary N) is 1. The lowest BCUT2D eigenvalue weighted by atomic mass is 10.1. The van der Waals surface area contributed by atoms with Gasteiger partial charge in [0.2, 0.25) is 5.89 Å². The monoisotopic (exact) mass is 338 g/mol. The van der Waals surface area contributed by atoms with Crippen molar-refractivity contribution in [2.75, 3.05) is 25.6 Å². The Morgan fingerprint density at radius 1 is 1.32 bits per heavy atom. The maximum Gasteiger partial charge on any atom is 0.227 e. The number of fused-ring (bicyclic) bond motifs is 1. The van der Waals surface area contributed by atoms with Gasteiger partial charge in [-0.2, -0.15) is 0 Å². The lowest BCUT2D eigenvalue weighted by Crippen LogP contribution is -2.05. The Labute approximate surface area is 144 Å². The number of carbonyl (C=O) groups is 1. The van der Waals surface area contributed by atoms with Gasteiger partial charge in [0.1, 0.15) is 24.0 Å². The smallest absolute Gasteiger partial charge is 0.227 e. The topological polar surface area (TPSA) is 76.9 Å². The van der Waals surface area contributed by atoms with Gasteiger partial charge in [-0.1, -0.05) is 0 Å². The highest BCUT2D eigenvalue weighted by Gasteiger charge is 2.23. The van der Waals surface area contributed by atoms with Crippen LogP contribution in [0.4, 0.5) is 5.69 Å². The van der Waals surface area contributed by atoms with Gasteiger partial charge in [-0.15, -0.1) is 0 Å². The first kappa shape index (κ1) is 15.7. The van der Waals surface area contributed by atoms with Gasteiger partial charge >= 0.3 is 0 Å². The van der Waals surface area contributed by atoms with E-state index in [1.165, 1.54) is 6.92 Å². The molecule has 6 heteroatoms. The SMILES string of the molecule is CNc1ccc2oc(-c3cc(OCC4CO4)cc(C(C)=O)c3)nc2c1. The molecule has 0 spiro atoms. The number of hydrogen-bond donors (Lipinski definition) is 1. The summed E-state index contributed by atoms with van der Waals surface area (Å²) >= 11 is 0. The number of Topliss-reactive ketones (excluding diaryl/α,β-unsaturated/α-hetero) is 1. The van der Waals surface area contributed by atoms with Gasteiger partial charge in [-0.25, -0.2) is 4.98 Å². The summed E-state index contributed by atoms with van der Waals surface area (Å²) < 4.78 is 16.7. The number of ketones is 1. The number of anilines is 1. The van der Waals surface area contributed by atoms with Crippen LogP contribution in [-0.4, -0.2) is 37.1 Å². The molecule has 3 aromatic rings. The molecule has 0 saturated carbocycles. The summed E-state index contributed by atoms with van der Waals surface area (Å²) in [5, 5.41) is 3.08. The van der Waals surface area contributed by atoms with E-state index in [1.807, 2.05) is 31.3 Å². The summed E-state index contributed by atoms with van der Waals surface area (Å²) in [5.74, 6) is 1.03. The number of oxazole rings is 1. The van der Waals surface area contributed by atoms with Gasteiger partial charge in [0, 0.05) is 23.9 Å². The van der Waals surface area contributed by atoms with E-state index in [9.17, 15) is 4.79 Å². The molecular weight excluding hydrogens is 320 g/mol. The Morgan fingerprint density at radius 3 is 2.88 bits per heavy atom. The van der Waals surface area contributed by atoms with E-state index < -0.39 is 0 Å². The number of nitrogens with zero attached hydrogens (tertiary/aromatic N) is 1. The highest BCUT2D eigenvalue weighted by atomic mass is 16.6. The van der Waals surface area contributed by atoms with Crippen molar-refractivity contribution >= 4 is 22.6 Å². The minimum absolute atomic E-state index is 0.0389. The number of aromatic nitrogens is 1. The van der Waals surface area contributed by atoms with Gasteiger partial charge < -0.3 is 19.2 Å². The van der Waals surface area contributed by atoms with E-state index in [2.05, 4.69) is 10.3 Å². The predicted octanol–water partition coefficient (Wildman–Crippen LogP) is 3.52. The number of rotatable bonds is 6. The van der Waals surface area contributed by atoms with Crippen LogP contribution in [0, 0.1) is 0 Å². The molecule has 1 N–H and O–H groups in total. The zero-order chi connectivity index (χ0) is 17.4. The molecular formula is C19H18N2O4. The highest BCUT2D eigenvalue weighted by molar-refractivity contribution is 5.95. The van der Waals surface area contributed by atoms with Gasteiger partial charge in [0.25, 0.3) is 0 Å². The summed E-state index contributed by atoms with van der Waals surface area (Å²) in [6.07, 6.45) is 0.147. The molecule has 2 heterocycles. The molecule has 0 bridgehead atoms. The Morgan fingerprint density at radius 2 is 2.16 bits per heavy atom. The van der Waals surface area contributed by atoms with E-state index in [1.54, 1.807) is 12.1 Å². The maximum absolute atomic E-state index is 11.8. The molecule has 1 unspecified atom stereocenters. The van der Waals surface area contributed by atoms with Crippen molar-refractivity contribution in [2.45, 2.75) is 13.0 Å². The number of ether oxygens (including phenoxy) is 2. The third-order valence-electron chi connectivity index (χ3n) is 4.07. The van der Waals surface area contributed by atoms with Crippen LogP contribution in [-0.2, 0) is 4.74 Å². The number of benzene rings is 2. The average molecular weight is 338 g/mol. The van der Waals surface area contributed by atoms with Gasteiger partial charge in [-0.05, 0) is 43.3 Å². The fraction of sp³-hybridized carbons (Fsp3) is 0.263. The minimum Gasteiger partial charge on any atom is -0.491 e. The van der Waals surface area contributed by atoms with E-state index in [0.717, 1.165) is 17.8 Å². The Balaban J connectivity index is 1.73. The quantitative estimate of drug-likeness (QED) is 0.547. The van der Waals surface area contributed by atoms with Gasteiger partial charge in [-0.3, -0.25) is 4.79 Å². The van der Waals surface area contributed by atoms with Crippen LogP contribution >= 0.6 is 0 Å². The summed E-state index contributed by atoms with van der Waals surface area (Å²) in [6.45, 7) is 2.72. The largest absolute Gasteiger partial charge is 0.491 e. The van der Waals surface area contributed by atoms with Crippen LogP contribution in [0.2, 0.25) is 0 Å². The summed E-state index contributed by atoms with van der Waals surface area (Å²) in [5.41, 5.74) is 3.67.